The number of allylic oxidation sites excluding steroid dienone is 2. The molecule has 0 bridgehead atoms. The maximum atomic E-state index is 9.94. The lowest BCUT2D eigenvalue weighted by atomic mass is 10.0. The second kappa shape index (κ2) is 6.38. The van der Waals surface area contributed by atoms with E-state index in [1.54, 1.807) is 6.08 Å². The van der Waals surface area contributed by atoms with Crippen molar-refractivity contribution in [3.8, 4) is 0 Å². The van der Waals surface area contributed by atoms with Crippen LogP contribution in [0.1, 0.15) is 27.2 Å². The Balaban J connectivity index is 4.35. The number of nitrogens with zero attached hydrogens (tertiary/aromatic N) is 1. The number of hydrogen-bond donors (Lipinski definition) is 0. The van der Waals surface area contributed by atoms with Crippen LogP contribution in [0.25, 0.3) is 0 Å². The molecule has 0 spiro atoms. The van der Waals surface area contributed by atoms with Gasteiger partial charge in [0.1, 0.15) is 0 Å². The molecule has 0 aliphatic heterocycles. The van der Waals surface area contributed by atoms with Gasteiger partial charge in [0.2, 0.25) is 6.08 Å². The van der Waals surface area contributed by atoms with E-state index in [-0.39, 0.29) is 0 Å². The Hall–Kier alpha value is -1.14. The average molecular weight is 179 g/mol. The van der Waals surface area contributed by atoms with Gasteiger partial charge in [0.05, 0.1) is 6.54 Å². The Morgan fingerprint density at radius 2 is 2.23 bits per heavy atom. The predicted molar refractivity (Wildman–Crippen MR) is 55.3 cm³/mol. The van der Waals surface area contributed by atoms with Gasteiger partial charge in [-0.3, -0.25) is 0 Å². The molecule has 0 saturated heterocycles. The second-order valence-corrected chi connectivity index (χ2v) is 3.61. The van der Waals surface area contributed by atoms with Gasteiger partial charge in [-0.2, -0.15) is 0 Å². The normalized spacial score (nSPS) is 11.2. The predicted octanol–water partition coefficient (Wildman–Crippen LogP) is 2.87. The van der Waals surface area contributed by atoms with E-state index in [1.165, 1.54) is 0 Å². The van der Waals surface area contributed by atoms with E-state index in [0.29, 0.717) is 12.5 Å². The third kappa shape index (κ3) is 7.23. The van der Waals surface area contributed by atoms with Gasteiger partial charge in [-0.25, -0.2) is 9.79 Å². The summed E-state index contributed by atoms with van der Waals surface area (Å²) in [5.41, 5.74) is 2.24. The summed E-state index contributed by atoms with van der Waals surface area (Å²) in [6, 6.07) is 0. The fraction of sp³-hybridized carbons (Fsp3) is 0.545. The van der Waals surface area contributed by atoms with E-state index < -0.39 is 0 Å². The highest BCUT2D eigenvalue weighted by atomic mass is 16.1. The summed E-state index contributed by atoms with van der Waals surface area (Å²) in [4.78, 5) is 13.5. The van der Waals surface area contributed by atoms with Crippen molar-refractivity contribution in [1.82, 2.24) is 0 Å². The minimum atomic E-state index is 0.453. The highest BCUT2D eigenvalue weighted by Gasteiger charge is 1.98. The topological polar surface area (TPSA) is 29.4 Å². The number of rotatable bonds is 5. The number of isocyanates is 1. The van der Waals surface area contributed by atoms with Gasteiger partial charge in [0, 0.05) is 0 Å². The van der Waals surface area contributed by atoms with Gasteiger partial charge in [-0.1, -0.05) is 32.1 Å². The molecule has 72 valence electrons. The lowest BCUT2D eigenvalue weighted by Crippen LogP contribution is -1.93. The maximum Gasteiger partial charge on any atom is 0.235 e. The van der Waals surface area contributed by atoms with Crippen LogP contribution in [0, 0.1) is 5.92 Å². The first-order valence-electron chi connectivity index (χ1n) is 4.43. The van der Waals surface area contributed by atoms with Gasteiger partial charge in [0.15, 0.2) is 0 Å². The van der Waals surface area contributed by atoms with Crippen LogP contribution in [0.3, 0.4) is 0 Å². The maximum absolute atomic E-state index is 9.94. The van der Waals surface area contributed by atoms with Gasteiger partial charge in [-0.15, -0.1) is 0 Å². The first kappa shape index (κ1) is 11.9. The van der Waals surface area contributed by atoms with Crippen molar-refractivity contribution in [2.24, 2.45) is 10.9 Å². The van der Waals surface area contributed by atoms with E-state index in [2.05, 4.69) is 31.5 Å². The monoisotopic (exact) mass is 179 g/mol. The fourth-order valence-corrected chi connectivity index (χ4v) is 1.16. The number of aliphatic imine (C=N–C) groups is 1. The van der Waals surface area contributed by atoms with E-state index in [0.717, 1.165) is 17.6 Å². The zero-order valence-corrected chi connectivity index (χ0v) is 8.63. The number of carbonyl (C=O) groups excluding carboxylic acids is 1. The molecule has 0 fully saturated rings. The SMILES string of the molecule is C=C(C)C/C(=C\C(C)C)CN=C=O. The molecule has 0 radical (unpaired) electrons. The van der Waals surface area contributed by atoms with Crippen molar-refractivity contribution in [3.63, 3.8) is 0 Å². The molecule has 0 saturated carbocycles. The van der Waals surface area contributed by atoms with Crippen LogP contribution in [0.5, 0.6) is 0 Å². The lowest BCUT2D eigenvalue weighted by Gasteiger charge is -2.05. The first-order valence-corrected chi connectivity index (χ1v) is 4.43. The summed E-state index contributed by atoms with van der Waals surface area (Å²) in [6.07, 6.45) is 4.49. The molecule has 0 aliphatic carbocycles. The molecule has 0 heterocycles. The molecule has 0 atom stereocenters. The number of hydrogen-bond acceptors (Lipinski definition) is 2. The van der Waals surface area contributed by atoms with Crippen LogP contribution in [-0.4, -0.2) is 12.6 Å². The van der Waals surface area contributed by atoms with Crippen molar-refractivity contribution in [2.45, 2.75) is 27.2 Å². The molecular weight excluding hydrogens is 162 g/mol. The second-order valence-electron chi connectivity index (χ2n) is 3.61. The summed E-state index contributed by atoms with van der Waals surface area (Å²) in [7, 11) is 0. The summed E-state index contributed by atoms with van der Waals surface area (Å²) in [6.45, 7) is 10.5. The molecule has 0 aromatic rings. The van der Waals surface area contributed by atoms with E-state index >= 15 is 0 Å². The third-order valence-corrected chi connectivity index (χ3v) is 1.44. The summed E-state index contributed by atoms with van der Waals surface area (Å²) in [5, 5.41) is 0. The van der Waals surface area contributed by atoms with Crippen LogP contribution in [0.15, 0.2) is 28.8 Å². The standard InChI is InChI=1S/C11H17NO/c1-9(2)5-11(6-10(3)4)7-12-8-13/h6,10H,1,5,7H2,2-4H3/b11-6+. The molecule has 0 aromatic carbocycles. The van der Waals surface area contributed by atoms with E-state index in [9.17, 15) is 4.79 Å². The molecule has 2 nitrogen and oxygen atoms in total. The Morgan fingerprint density at radius 3 is 2.62 bits per heavy atom. The first-order chi connectivity index (χ1) is 6.06. The molecule has 0 unspecified atom stereocenters. The van der Waals surface area contributed by atoms with Crippen molar-refractivity contribution in [3.05, 3.63) is 23.8 Å². The average Bonchev–Trinajstić information content (AvgIpc) is 1.98. The largest absolute Gasteiger partial charge is 0.235 e. The van der Waals surface area contributed by atoms with Crippen LogP contribution in [0.4, 0.5) is 0 Å². The third-order valence-electron chi connectivity index (χ3n) is 1.44. The van der Waals surface area contributed by atoms with Gasteiger partial charge in [0.25, 0.3) is 0 Å². The fourth-order valence-electron chi connectivity index (χ4n) is 1.16. The Labute approximate surface area is 80.1 Å². The summed E-state index contributed by atoms with van der Waals surface area (Å²) in [5.74, 6) is 0.483. The summed E-state index contributed by atoms with van der Waals surface area (Å²) < 4.78 is 0. The zero-order valence-electron chi connectivity index (χ0n) is 8.63. The lowest BCUT2D eigenvalue weighted by molar-refractivity contribution is 0.563. The van der Waals surface area contributed by atoms with Crippen molar-refractivity contribution < 1.29 is 4.79 Å². The van der Waals surface area contributed by atoms with Crippen LogP contribution >= 0.6 is 0 Å². The van der Waals surface area contributed by atoms with Gasteiger partial charge < -0.3 is 0 Å². The van der Waals surface area contributed by atoms with Crippen molar-refractivity contribution in [1.29, 1.82) is 0 Å². The van der Waals surface area contributed by atoms with Gasteiger partial charge in [-0.05, 0) is 24.8 Å². The molecule has 0 amide bonds. The molecular formula is C11H17NO. The molecule has 0 aromatic heterocycles. The summed E-state index contributed by atoms with van der Waals surface area (Å²) >= 11 is 0. The highest BCUT2D eigenvalue weighted by Crippen LogP contribution is 2.12. The Kier molecular flexibility index (Phi) is 5.82. The van der Waals surface area contributed by atoms with Crippen LogP contribution in [0.2, 0.25) is 0 Å². The Bertz CT molecular complexity index is 239. The minimum absolute atomic E-state index is 0.453. The molecule has 0 rings (SSSR count). The Morgan fingerprint density at radius 1 is 1.62 bits per heavy atom. The molecule has 0 aliphatic rings. The van der Waals surface area contributed by atoms with Crippen LogP contribution in [-0.2, 0) is 4.79 Å². The highest BCUT2D eigenvalue weighted by molar-refractivity contribution is 5.34. The van der Waals surface area contributed by atoms with Crippen molar-refractivity contribution >= 4 is 6.08 Å². The minimum Gasteiger partial charge on any atom is -0.211 e. The van der Waals surface area contributed by atoms with Gasteiger partial charge >= 0.3 is 0 Å². The van der Waals surface area contributed by atoms with Crippen molar-refractivity contribution in [2.75, 3.05) is 6.54 Å². The molecule has 0 N–H and O–H groups in total. The molecule has 2 heteroatoms. The molecule has 13 heavy (non-hydrogen) atoms. The quantitative estimate of drug-likeness (QED) is 0.362. The zero-order chi connectivity index (χ0) is 10.3. The van der Waals surface area contributed by atoms with E-state index in [1.807, 2.05) is 6.92 Å². The van der Waals surface area contributed by atoms with Crippen LogP contribution < -0.4 is 0 Å². The van der Waals surface area contributed by atoms with E-state index in [4.69, 9.17) is 0 Å². The smallest absolute Gasteiger partial charge is 0.211 e.